The van der Waals surface area contributed by atoms with Gasteiger partial charge in [0.05, 0.1) is 12.7 Å². The first kappa shape index (κ1) is 15.3. The molecule has 2 N–H and O–H groups in total. The molecule has 0 unspecified atom stereocenters. The molecule has 1 aliphatic rings. The lowest BCUT2D eigenvalue weighted by molar-refractivity contribution is 0.0600. The number of nitrogens with one attached hydrogen (secondary N) is 2. The van der Waals surface area contributed by atoms with Crippen molar-refractivity contribution in [2.24, 2.45) is 0 Å². The van der Waals surface area contributed by atoms with E-state index in [0.29, 0.717) is 12.1 Å². The number of urea groups is 1. The SMILES string of the molecule is COC(=O)c1ccc(CNC(=O)N[C@@H]2CCN(C)C2)cc1. The van der Waals surface area contributed by atoms with E-state index in [4.69, 9.17) is 0 Å². The van der Waals surface area contributed by atoms with Crippen LogP contribution in [-0.2, 0) is 11.3 Å². The molecule has 114 valence electrons. The molecule has 1 aliphatic heterocycles. The van der Waals surface area contributed by atoms with Crippen molar-refractivity contribution in [3.05, 3.63) is 35.4 Å². The van der Waals surface area contributed by atoms with Gasteiger partial charge in [0.25, 0.3) is 0 Å². The third-order valence-corrected chi connectivity index (χ3v) is 3.55. The largest absolute Gasteiger partial charge is 0.465 e. The molecule has 1 atom stereocenters. The zero-order valence-corrected chi connectivity index (χ0v) is 12.4. The van der Waals surface area contributed by atoms with Gasteiger partial charge in [-0.3, -0.25) is 0 Å². The lowest BCUT2D eigenvalue weighted by atomic mass is 10.1. The number of amides is 2. The van der Waals surface area contributed by atoms with Gasteiger partial charge in [0.2, 0.25) is 0 Å². The molecular formula is C15H21N3O3. The molecule has 0 radical (unpaired) electrons. The third kappa shape index (κ3) is 4.46. The van der Waals surface area contributed by atoms with E-state index in [1.807, 2.05) is 7.05 Å². The minimum absolute atomic E-state index is 0.160. The lowest BCUT2D eigenvalue weighted by Gasteiger charge is -2.13. The van der Waals surface area contributed by atoms with Gasteiger partial charge in [0.1, 0.15) is 0 Å². The molecule has 0 bridgehead atoms. The van der Waals surface area contributed by atoms with E-state index >= 15 is 0 Å². The Kier molecular flexibility index (Phi) is 5.16. The highest BCUT2D eigenvalue weighted by Gasteiger charge is 2.20. The van der Waals surface area contributed by atoms with E-state index in [2.05, 4.69) is 20.3 Å². The molecule has 6 nitrogen and oxygen atoms in total. The van der Waals surface area contributed by atoms with Gasteiger partial charge < -0.3 is 20.3 Å². The first-order valence-corrected chi connectivity index (χ1v) is 6.98. The summed E-state index contributed by atoms with van der Waals surface area (Å²) in [5.41, 5.74) is 1.43. The highest BCUT2D eigenvalue weighted by Crippen LogP contribution is 2.07. The fraction of sp³-hybridized carbons (Fsp3) is 0.467. The number of hydrogen-bond acceptors (Lipinski definition) is 4. The summed E-state index contributed by atoms with van der Waals surface area (Å²) in [6, 6.07) is 7.04. The summed E-state index contributed by atoms with van der Waals surface area (Å²) in [7, 11) is 3.39. The molecule has 2 amide bonds. The number of nitrogens with zero attached hydrogens (tertiary/aromatic N) is 1. The van der Waals surface area contributed by atoms with E-state index in [1.165, 1.54) is 7.11 Å². The zero-order valence-electron chi connectivity index (χ0n) is 12.4. The van der Waals surface area contributed by atoms with Crippen LogP contribution >= 0.6 is 0 Å². The Morgan fingerprint density at radius 3 is 2.62 bits per heavy atom. The number of benzene rings is 1. The Hall–Kier alpha value is -2.08. The number of rotatable bonds is 4. The van der Waals surface area contributed by atoms with Gasteiger partial charge in [-0.2, -0.15) is 0 Å². The molecule has 1 saturated heterocycles. The first-order valence-electron chi connectivity index (χ1n) is 6.98. The molecule has 1 fully saturated rings. The van der Waals surface area contributed by atoms with Crippen molar-refractivity contribution < 1.29 is 14.3 Å². The van der Waals surface area contributed by atoms with Gasteiger partial charge in [-0.1, -0.05) is 12.1 Å². The molecule has 1 aromatic rings. The van der Waals surface area contributed by atoms with Crippen LogP contribution in [0.1, 0.15) is 22.3 Å². The molecule has 0 saturated carbocycles. The normalized spacial score (nSPS) is 18.3. The second kappa shape index (κ2) is 7.08. The van der Waals surface area contributed by atoms with Crippen molar-refractivity contribution in [2.45, 2.75) is 19.0 Å². The molecular weight excluding hydrogens is 270 g/mol. The van der Waals surface area contributed by atoms with Gasteiger partial charge in [-0.25, -0.2) is 9.59 Å². The number of carbonyl (C=O) groups is 2. The van der Waals surface area contributed by atoms with Crippen molar-refractivity contribution in [3.63, 3.8) is 0 Å². The van der Waals surface area contributed by atoms with Crippen LogP contribution in [0.25, 0.3) is 0 Å². The van der Waals surface area contributed by atoms with E-state index in [9.17, 15) is 9.59 Å². The van der Waals surface area contributed by atoms with Crippen LogP contribution in [0.2, 0.25) is 0 Å². The summed E-state index contributed by atoms with van der Waals surface area (Å²) in [6.45, 7) is 2.33. The molecule has 6 heteroatoms. The number of carbonyl (C=O) groups excluding carboxylic acids is 2. The van der Waals surface area contributed by atoms with Crippen LogP contribution in [0, 0.1) is 0 Å². The minimum atomic E-state index is -0.363. The van der Waals surface area contributed by atoms with E-state index in [-0.39, 0.29) is 18.0 Å². The summed E-state index contributed by atoms with van der Waals surface area (Å²) in [4.78, 5) is 25.3. The fourth-order valence-electron chi connectivity index (χ4n) is 2.35. The number of likely N-dealkylation sites (tertiary alicyclic amines) is 1. The number of ether oxygens (including phenoxy) is 1. The maximum absolute atomic E-state index is 11.8. The minimum Gasteiger partial charge on any atom is -0.465 e. The van der Waals surface area contributed by atoms with Crippen LogP contribution in [-0.4, -0.2) is 50.2 Å². The van der Waals surface area contributed by atoms with Crippen LogP contribution in [0.5, 0.6) is 0 Å². The summed E-state index contributed by atoms with van der Waals surface area (Å²) in [5.74, 6) is -0.363. The summed E-state index contributed by atoms with van der Waals surface area (Å²) in [5, 5.41) is 5.77. The average molecular weight is 291 g/mol. The van der Waals surface area contributed by atoms with Crippen LogP contribution in [0.4, 0.5) is 4.79 Å². The summed E-state index contributed by atoms with van der Waals surface area (Å²) < 4.78 is 4.63. The zero-order chi connectivity index (χ0) is 15.2. The molecule has 0 spiro atoms. The number of methoxy groups -OCH3 is 1. The van der Waals surface area contributed by atoms with Crippen molar-refractivity contribution in [3.8, 4) is 0 Å². The smallest absolute Gasteiger partial charge is 0.337 e. The van der Waals surface area contributed by atoms with Crippen LogP contribution < -0.4 is 10.6 Å². The van der Waals surface area contributed by atoms with E-state index in [0.717, 1.165) is 25.1 Å². The maximum Gasteiger partial charge on any atom is 0.337 e. The van der Waals surface area contributed by atoms with Gasteiger partial charge in [0, 0.05) is 19.1 Å². The second-order valence-electron chi connectivity index (χ2n) is 5.26. The Morgan fingerprint density at radius 2 is 2.05 bits per heavy atom. The quantitative estimate of drug-likeness (QED) is 0.811. The monoisotopic (exact) mass is 291 g/mol. The fourth-order valence-corrected chi connectivity index (χ4v) is 2.35. The Labute approximate surface area is 124 Å². The summed E-state index contributed by atoms with van der Waals surface area (Å²) >= 11 is 0. The van der Waals surface area contributed by atoms with E-state index in [1.54, 1.807) is 24.3 Å². The highest BCUT2D eigenvalue weighted by atomic mass is 16.5. The van der Waals surface area contributed by atoms with Crippen molar-refractivity contribution in [1.29, 1.82) is 0 Å². The van der Waals surface area contributed by atoms with Gasteiger partial charge in [-0.15, -0.1) is 0 Å². The number of likely N-dealkylation sites (N-methyl/N-ethyl adjacent to an activating group) is 1. The third-order valence-electron chi connectivity index (χ3n) is 3.55. The maximum atomic E-state index is 11.8. The topological polar surface area (TPSA) is 70.7 Å². The molecule has 0 aliphatic carbocycles. The molecule has 1 heterocycles. The predicted octanol–water partition coefficient (Wildman–Crippen LogP) is 0.976. The Balaban J connectivity index is 1.77. The number of hydrogen-bond donors (Lipinski definition) is 2. The molecule has 21 heavy (non-hydrogen) atoms. The van der Waals surface area contributed by atoms with Crippen molar-refractivity contribution in [2.75, 3.05) is 27.2 Å². The summed E-state index contributed by atoms with van der Waals surface area (Å²) in [6.07, 6.45) is 0.984. The predicted molar refractivity (Wildman–Crippen MR) is 79.1 cm³/mol. The van der Waals surface area contributed by atoms with Gasteiger partial charge in [0.15, 0.2) is 0 Å². The standard InChI is InChI=1S/C15H21N3O3/c1-18-8-7-13(10-18)17-15(20)16-9-11-3-5-12(6-4-11)14(19)21-2/h3-6,13H,7-10H2,1-2H3,(H2,16,17,20)/t13-/m1/s1. The molecule has 0 aromatic heterocycles. The Bertz CT molecular complexity index is 501. The van der Waals surface area contributed by atoms with Crippen LogP contribution in [0.3, 0.4) is 0 Å². The van der Waals surface area contributed by atoms with Crippen molar-refractivity contribution >= 4 is 12.0 Å². The Morgan fingerprint density at radius 1 is 1.33 bits per heavy atom. The van der Waals surface area contributed by atoms with Crippen LogP contribution in [0.15, 0.2) is 24.3 Å². The second-order valence-corrected chi connectivity index (χ2v) is 5.26. The molecule has 2 rings (SSSR count). The average Bonchev–Trinajstić information content (AvgIpc) is 2.90. The lowest BCUT2D eigenvalue weighted by Crippen LogP contribution is -2.42. The first-order chi connectivity index (χ1) is 10.1. The van der Waals surface area contributed by atoms with Crippen molar-refractivity contribution in [1.82, 2.24) is 15.5 Å². The van der Waals surface area contributed by atoms with Gasteiger partial charge >= 0.3 is 12.0 Å². The molecule has 1 aromatic carbocycles. The van der Waals surface area contributed by atoms with E-state index < -0.39 is 0 Å². The number of esters is 1. The highest BCUT2D eigenvalue weighted by molar-refractivity contribution is 5.89. The van der Waals surface area contributed by atoms with Gasteiger partial charge in [-0.05, 0) is 37.7 Å².